The van der Waals surface area contributed by atoms with Gasteiger partial charge in [-0.05, 0) is 20.8 Å². The van der Waals surface area contributed by atoms with Crippen molar-refractivity contribution in [3.05, 3.63) is 27.3 Å². The Morgan fingerprint density at radius 3 is 2.62 bits per heavy atom. The molecule has 0 spiro atoms. The number of carbonyl (C=O) groups excluding carboxylic acids is 1. The molecule has 0 fully saturated rings. The maximum absolute atomic E-state index is 11.0. The summed E-state index contributed by atoms with van der Waals surface area (Å²) in [5.41, 5.74) is 6.11. The molecule has 2 aromatic rings. The van der Waals surface area contributed by atoms with Crippen molar-refractivity contribution in [3.63, 3.8) is 0 Å². The lowest BCUT2D eigenvalue weighted by Crippen LogP contribution is -2.14. The summed E-state index contributed by atoms with van der Waals surface area (Å²) in [6, 6.07) is 0. The number of rotatable bonds is 8. The van der Waals surface area contributed by atoms with Gasteiger partial charge in [0.1, 0.15) is 17.2 Å². The Morgan fingerprint density at radius 2 is 2.08 bits per heavy atom. The average Bonchev–Trinajstić information content (AvgIpc) is 3.02. The van der Waals surface area contributed by atoms with Crippen LogP contribution in [0.4, 0.5) is 5.69 Å². The number of aryl methyl sites for hydroxylation is 3. The Labute approximate surface area is 142 Å². The molecule has 24 heavy (non-hydrogen) atoms. The zero-order valence-corrected chi connectivity index (χ0v) is 14.5. The van der Waals surface area contributed by atoms with Crippen molar-refractivity contribution >= 4 is 23.4 Å². The second-order valence-corrected chi connectivity index (χ2v) is 6.09. The Morgan fingerprint density at radius 1 is 1.38 bits per heavy atom. The van der Waals surface area contributed by atoms with Gasteiger partial charge >= 0.3 is 5.69 Å². The van der Waals surface area contributed by atoms with Gasteiger partial charge in [0.15, 0.2) is 5.16 Å². The number of nitrogens with zero attached hydrogens (tertiary/aromatic N) is 6. The van der Waals surface area contributed by atoms with Crippen LogP contribution in [0.1, 0.15) is 24.1 Å². The summed E-state index contributed by atoms with van der Waals surface area (Å²) in [7, 11) is 0. The molecule has 2 aromatic heterocycles. The summed E-state index contributed by atoms with van der Waals surface area (Å²) < 4.78 is 3.51. The maximum atomic E-state index is 11.0. The lowest BCUT2D eigenvalue weighted by atomic mass is 10.3. The number of hydrogen-bond donors (Lipinski definition) is 1. The largest absolute Gasteiger partial charge is 0.369 e. The predicted octanol–water partition coefficient (Wildman–Crippen LogP) is 0.840. The van der Waals surface area contributed by atoms with Gasteiger partial charge in [0, 0.05) is 19.5 Å². The van der Waals surface area contributed by atoms with E-state index in [2.05, 4.69) is 15.3 Å². The smallest absolute Gasteiger partial charge is 0.312 e. The maximum Gasteiger partial charge on any atom is 0.312 e. The van der Waals surface area contributed by atoms with Crippen LogP contribution in [0.5, 0.6) is 0 Å². The molecule has 2 rings (SSSR count). The van der Waals surface area contributed by atoms with Gasteiger partial charge in [-0.3, -0.25) is 19.6 Å². The molecule has 1 amide bonds. The summed E-state index contributed by atoms with van der Waals surface area (Å²) in [5, 5.41) is 24.1. The van der Waals surface area contributed by atoms with Crippen LogP contribution in [0.3, 0.4) is 0 Å². The summed E-state index contributed by atoms with van der Waals surface area (Å²) in [4.78, 5) is 21.5. The van der Waals surface area contributed by atoms with Crippen molar-refractivity contribution < 1.29 is 9.72 Å². The van der Waals surface area contributed by atoms with Crippen LogP contribution in [0.2, 0.25) is 0 Å². The summed E-state index contributed by atoms with van der Waals surface area (Å²) >= 11 is 1.24. The lowest BCUT2D eigenvalue weighted by Gasteiger charge is -2.07. The Balaban J connectivity index is 2.14. The Hall–Kier alpha value is -2.43. The van der Waals surface area contributed by atoms with Crippen molar-refractivity contribution in [2.75, 3.05) is 5.75 Å². The minimum Gasteiger partial charge on any atom is -0.369 e. The van der Waals surface area contributed by atoms with Gasteiger partial charge in [-0.1, -0.05) is 11.8 Å². The van der Waals surface area contributed by atoms with Gasteiger partial charge in [-0.25, -0.2) is 0 Å². The second-order valence-electron chi connectivity index (χ2n) is 5.15. The number of amides is 1. The van der Waals surface area contributed by atoms with Crippen LogP contribution in [0, 0.1) is 24.0 Å². The van der Waals surface area contributed by atoms with Crippen molar-refractivity contribution in [2.45, 2.75) is 45.4 Å². The molecule has 0 aliphatic rings. The first kappa shape index (κ1) is 17.9. The van der Waals surface area contributed by atoms with Gasteiger partial charge < -0.3 is 10.3 Å². The number of nitro groups is 1. The highest BCUT2D eigenvalue weighted by Gasteiger charge is 2.22. The van der Waals surface area contributed by atoms with Crippen molar-refractivity contribution in [1.29, 1.82) is 0 Å². The van der Waals surface area contributed by atoms with Gasteiger partial charge in [0.25, 0.3) is 0 Å². The quantitative estimate of drug-likeness (QED) is 0.422. The van der Waals surface area contributed by atoms with Crippen LogP contribution in [-0.2, 0) is 24.3 Å². The van der Waals surface area contributed by atoms with Gasteiger partial charge in [-0.2, -0.15) is 5.10 Å². The minimum atomic E-state index is -0.415. The molecule has 130 valence electrons. The Kier molecular flexibility index (Phi) is 5.54. The molecule has 0 bridgehead atoms. The minimum absolute atomic E-state index is 0.0460. The summed E-state index contributed by atoms with van der Waals surface area (Å²) in [6.07, 6.45) is 0.525. The molecule has 0 aromatic carbocycles. The van der Waals surface area contributed by atoms with E-state index < -0.39 is 10.8 Å². The van der Waals surface area contributed by atoms with Crippen LogP contribution >= 0.6 is 11.8 Å². The van der Waals surface area contributed by atoms with Crippen LogP contribution in [-0.4, -0.2) is 41.1 Å². The van der Waals surface area contributed by atoms with Crippen LogP contribution < -0.4 is 5.73 Å². The number of carbonyl (C=O) groups is 1. The van der Waals surface area contributed by atoms with Crippen LogP contribution in [0.25, 0.3) is 0 Å². The third-order valence-corrected chi connectivity index (χ3v) is 4.52. The topological polar surface area (TPSA) is 135 Å². The number of primary amides is 1. The van der Waals surface area contributed by atoms with E-state index in [0.717, 1.165) is 5.82 Å². The molecule has 0 aliphatic carbocycles. The van der Waals surface area contributed by atoms with Crippen molar-refractivity contribution in [3.8, 4) is 0 Å². The molecule has 2 heterocycles. The highest BCUT2D eigenvalue weighted by Crippen LogP contribution is 2.22. The highest BCUT2D eigenvalue weighted by molar-refractivity contribution is 7.99. The van der Waals surface area contributed by atoms with Crippen molar-refractivity contribution in [2.24, 2.45) is 5.73 Å². The van der Waals surface area contributed by atoms with Gasteiger partial charge in [0.2, 0.25) is 5.91 Å². The fraction of sp³-hybridized carbons (Fsp3) is 0.538. The molecule has 0 aliphatic heterocycles. The van der Waals surface area contributed by atoms with E-state index in [1.807, 2.05) is 11.5 Å². The molecule has 0 atom stereocenters. The monoisotopic (exact) mass is 353 g/mol. The van der Waals surface area contributed by atoms with Gasteiger partial charge in [-0.15, -0.1) is 10.2 Å². The van der Waals surface area contributed by atoms with E-state index in [1.54, 1.807) is 18.5 Å². The molecule has 2 N–H and O–H groups in total. The molecule has 0 saturated heterocycles. The zero-order chi connectivity index (χ0) is 17.9. The summed E-state index contributed by atoms with van der Waals surface area (Å²) in [6.45, 7) is 6.36. The van der Waals surface area contributed by atoms with E-state index >= 15 is 0 Å². The molecule has 0 unspecified atom stereocenters. The second kappa shape index (κ2) is 7.43. The number of nitrogens with two attached hydrogens (primary N) is 1. The third-order valence-electron chi connectivity index (χ3n) is 3.53. The van der Waals surface area contributed by atoms with E-state index in [9.17, 15) is 14.9 Å². The lowest BCUT2D eigenvalue weighted by molar-refractivity contribution is -0.386. The van der Waals surface area contributed by atoms with E-state index in [1.165, 1.54) is 11.8 Å². The molecule has 10 nitrogen and oxygen atoms in total. The molecule has 0 radical (unpaired) electrons. The van der Waals surface area contributed by atoms with Gasteiger partial charge in [0.05, 0.1) is 10.7 Å². The SMILES string of the molecule is CCn1c(CCn2nc(C)c([N+](=O)[O-])c2C)nnc1SCC(N)=O. The third kappa shape index (κ3) is 3.72. The normalized spacial score (nSPS) is 11.0. The number of aromatic nitrogens is 5. The zero-order valence-electron chi connectivity index (χ0n) is 13.7. The van der Waals surface area contributed by atoms with Crippen molar-refractivity contribution in [1.82, 2.24) is 24.5 Å². The Bertz CT molecular complexity index is 768. The van der Waals surface area contributed by atoms with E-state index in [4.69, 9.17) is 5.73 Å². The molecule has 0 saturated carbocycles. The number of thioether (sulfide) groups is 1. The molecular weight excluding hydrogens is 334 g/mol. The average molecular weight is 353 g/mol. The number of hydrogen-bond acceptors (Lipinski definition) is 7. The van der Waals surface area contributed by atoms with Crippen LogP contribution in [0.15, 0.2) is 5.16 Å². The first-order valence-corrected chi connectivity index (χ1v) is 8.35. The fourth-order valence-corrected chi connectivity index (χ4v) is 3.20. The standard InChI is InChI=1S/C13H19N7O3S/c1-4-18-11(15-16-13(18)24-7-10(14)21)5-6-19-9(3)12(20(22)23)8(2)17-19/h4-7H2,1-3H3,(H2,14,21). The molecule has 11 heteroatoms. The predicted molar refractivity (Wildman–Crippen MR) is 87.7 cm³/mol. The highest BCUT2D eigenvalue weighted by atomic mass is 32.2. The van der Waals surface area contributed by atoms with E-state index in [-0.39, 0.29) is 11.4 Å². The molecular formula is C13H19N7O3S. The fourth-order valence-electron chi connectivity index (χ4n) is 2.44. The van der Waals surface area contributed by atoms with E-state index in [0.29, 0.717) is 36.1 Å². The summed E-state index contributed by atoms with van der Waals surface area (Å²) in [5.74, 6) is 0.462. The first-order chi connectivity index (χ1) is 11.3. The first-order valence-electron chi connectivity index (χ1n) is 7.36.